The summed E-state index contributed by atoms with van der Waals surface area (Å²) in [5.41, 5.74) is 2.87. The van der Waals surface area contributed by atoms with Crippen LogP contribution in [-0.2, 0) is 0 Å². The van der Waals surface area contributed by atoms with Crippen LogP contribution in [0.2, 0.25) is 26.2 Å². The minimum Gasteiger partial charge on any atom is -0.455 e. The molecule has 0 unspecified atom stereocenters. The van der Waals surface area contributed by atoms with Crippen molar-refractivity contribution in [2.75, 3.05) is 4.90 Å². The highest BCUT2D eigenvalue weighted by atomic mass is 32.2. The molecule has 0 saturated heterocycles. The number of rotatable bonds is 3. The maximum atomic E-state index is 6.92. The predicted octanol–water partition coefficient (Wildman–Crippen LogP) is 9.27. The van der Waals surface area contributed by atoms with Crippen LogP contribution in [0.25, 0.3) is 0 Å². The zero-order valence-corrected chi connectivity index (χ0v) is 29.5. The van der Waals surface area contributed by atoms with E-state index in [0.29, 0.717) is 0 Å². The first-order valence-corrected chi connectivity index (χ1v) is 22.8. The van der Waals surface area contributed by atoms with E-state index in [1.165, 1.54) is 20.7 Å². The van der Waals surface area contributed by atoms with Crippen molar-refractivity contribution >= 4 is 65.7 Å². The van der Waals surface area contributed by atoms with Crippen molar-refractivity contribution in [3.8, 4) is 34.5 Å². The number of anilines is 3. The fourth-order valence-corrected chi connectivity index (χ4v) is 14.0. The molecular formula is C40H33NO3SSi2. The molecule has 0 aliphatic carbocycles. The highest BCUT2D eigenvalue weighted by Crippen LogP contribution is 2.55. The molecule has 4 nitrogen and oxygen atoms in total. The van der Waals surface area contributed by atoms with Crippen LogP contribution in [0.15, 0.2) is 137 Å². The van der Waals surface area contributed by atoms with Gasteiger partial charge in [-0.2, -0.15) is 0 Å². The summed E-state index contributed by atoms with van der Waals surface area (Å²) in [4.78, 5) is 4.50. The molecule has 6 aromatic rings. The molecule has 230 valence electrons. The standard InChI is InChI=1S/C40H33NO3SSi2/c1-46(2)34-22-9-6-18-30(34)43-39-27(15-12-24-36(39)46)41(26-14-11-21-33-38(26)42-29-17-5-8-20-32(29)45-33)28-16-13-25-37-40(28)44-31-19-7-10-23-35(31)47(37,3)4/h5-25H,1-4H3. The lowest BCUT2D eigenvalue weighted by Crippen LogP contribution is -2.56. The smallest absolute Gasteiger partial charge is 0.165 e. The van der Waals surface area contributed by atoms with E-state index >= 15 is 0 Å². The Morgan fingerprint density at radius 2 is 0.809 bits per heavy atom. The van der Waals surface area contributed by atoms with Crippen molar-refractivity contribution in [3.05, 3.63) is 127 Å². The fraction of sp³-hybridized carbons (Fsp3) is 0.100. The SMILES string of the molecule is C[Si]1(C)c2ccccc2Oc2c(N(c3cccc4c3Oc3ccccc3S4)c3cccc4c3Oc3ccccc3[Si]4(C)C)cccc21. The van der Waals surface area contributed by atoms with Crippen LogP contribution in [0.5, 0.6) is 34.5 Å². The summed E-state index contributed by atoms with van der Waals surface area (Å²) in [6, 6.07) is 45.0. The molecule has 0 aromatic heterocycles. The third-order valence-electron chi connectivity index (χ3n) is 9.84. The molecule has 3 aliphatic heterocycles. The van der Waals surface area contributed by atoms with Crippen molar-refractivity contribution in [3.63, 3.8) is 0 Å². The van der Waals surface area contributed by atoms with E-state index in [1.54, 1.807) is 11.8 Å². The topological polar surface area (TPSA) is 30.9 Å². The minimum absolute atomic E-state index is 0.826. The molecule has 0 fully saturated rings. The Hall–Kier alpha value is -4.70. The summed E-state index contributed by atoms with van der Waals surface area (Å²) in [6.07, 6.45) is 0. The van der Waals surface area contributed by atoms with E-state index < -0.39 is 16.1 Å². The van der Waals surface area contributed by atoms with E-state index in [-0.39, 0.29) is 0 Å². The zero-order valence-electron chi connectivity index (χ0n) is 26.7. The Labute approximate surface area is 281 Å². The van der Waals surface area contributed by atoms with Crippen molar-refractivity contribution < 1.29 is 14.2 Å². The minimum atomic E-state index is -2.10. The van der Waals surface area contributed by atoms with Gasteiger partial charge in [0, 0.05) is 0 Å². The van der Waals surface area contributed by atoms with Crippen LogP contribution < -0.4 is 39.9 Å². The molecule has 0 atom stereocenters. The Morgan fingerprint density at radius 1 is 0.404 bits per heavy atom. The monoisotopic (exact) mass is 663 g/mol. The van der Waals surface area contributed by atoms with Gasteiger partial charge < -0.3 is 14.2 Å². The first kappa shape index (κ1) is 28.5. The molecule has 6 aromatic carbocycles. The number of hydrogen-bond acceptors (Lipinski definition) is 5. The summed E-state index contributed by atoms with van der Waals surface area (Å²) >= 11 is 1.74. The van der Waals surface area contributed by atoms with Crippen molar-refractivity contribution in [1.29, 1.82) is 0 Å². The molecule has 0 spiro atoms. The van der Waals surface area contributed by atoms with E-state index in [1.807, 2.05) is 12.1 Å². The molecule has 47 heavy (non-hydrogen) atoms. The molecule has 3 heterocycles. The Bertz CT molecular complexity index is 2140. The van der Waals surface area contributed by atoms with Gasteiger partial charge >= 0.3 is 0 Å². The summed E-state index contributed by atoms with van der Waals surface area (Å²) in [5.74, 6) is 5.36. The summed E-state index contributed by atoms with van der Waals surface area (Å²) in [7, 11) is -4.19. The second-order valence-electron chi connectivity index (χ2n) is 13.3. The third-order valence-corrected chi connectivity index (χ3v) is 17.9. The lowest BCUT2D eigenvalue weighted by Gasteiger charge is -2.39. The second kappa shape index (κ2) is 10.4. The summed E-state index contributed by atoms with van der Waals surface area (Å²) in [6.45, 7) is 9.67. The van der Waals surface area contributed by atoms with Gasteiger partial charge in [0.2, 0.25) is 0 Å². The normalized spacial score (nSPS) is 15.6. The van der Waals surface area contributed by atoms with Gasteiger partial charge in [-0.3, -0.25) is 4.90 Å². The third kappa shape index (κ3) is 4.27. The van der Waals surface area contributed by atoms with Crippen molar-refractivity contribution in [1.82, 2.24) is 0 Å². The van der Waals surface area contributed by atoms with E-state index in [0.717, 1.165) is 61.4 Å². The van der Waals surface area contributed by atoms with Gasteiger partial charge in [0.25, 0.3) is 0 Å². The molecular weight excluding hydrogens is 631 g/mol. The highest BCUT2D eigenvalue weighted by molar-refractivity contribution is 7.99. The Balaban J connectivity index is 1.32. The van der Waals surface area contributed by atoms with Gasteiger partial charge in [-0.05, 0) is 69.3 Å². The summed E-state index contributed by atoms with van der Waals surface area (Å²) < 4.78 is 20.6. The zero-order chi connectivity index (χ0) is 31.9. The number of benzene rings is 6. The van der Waals surface area contributed by atoms with E-state index in [4.69, 9.17) is 14.2 Å². The predicted molar refractivity (Wildman–Crippen MR) is 198 cm³/mol. The number of nitrogens with zero attached hydrogens (tertiary/aromatic N) is 1. The van der Waals surface area contributed by atoms with Crippen LogP contribution >= 0.6 is 11.8 Å². The molecule has 7 heteroatoms. The average Bonchev–Trinajstić information content (AvgIpc) is 3.08. The van der Waals surface area contributed by atoms with Crippen molar-refractivity contribution in [2.45, 2.75) is 36.0 Å². The Morgan fingerprint density at radius 3 is 1.38 bits per heavy atom. The van der Waals surface area contributed by atoms with Gasteiger partial charge in [-0.1, -0.05) is 117 Å². The van der Waals surface area contributed by atoms with Crippen LogP contribution in [0.4, 0.5) is 17.1 Å². The molecule has 0 amide bonds. The van der Waals surface area contributed by atoms with Crippen LogP contribution in [0.1, 0.15) is 0 Å². The first-order chi connectivity index (χ1) is 22.8. The quantitative estimate of drug-likeness (QED) is 0.176. The van der Waals surface area contributed by atoms with Crippen LogP contribution in [0.3, 0.4) is 0 Å². The van der Waals surface area contributed by atoms with Gasteiger partial charge in [-0.15, -0.1) is 0 Å². The van der Waals surface area contributed by atoms with E-state index in [2.05, 4.69) is 146 Å². The number of fused-ring (bicyclic) bond motifs is 6. The van der Waals surface area contributed by atoms with Gasteiger partial charge in [-0.25, -0.2) is 0 Å². The van der Waals surface area contributed by atoms with Gasteiger partial charge in [0.1, 0.15) is 33.4 Å². The second-order valence-corrected chi connectivity index (χ2v) is 23.1. The van der Waals surface area contributed by atoms with Crippen LogP contribution in [0, 0.1) is 0 Å². The lowest BCUT2D eigenvalue weighted by molar-refractivity contribution is 0.455. The number of hydrogen-bond donors (Lipinski definition) is 0. The lowest BCUT2D eigenvalue weighted by atomic mass is 10.1. The van der Waals surface area contributed by atoms with Crippen LogP contribution in [-0.4, -0.2) is 16.1 Å². The van der Waals surface area contributed by atoms with Gasteiger partial charge in [0.15, 0.2) is 17.2 Å². The molecule has 3 aliphatic rings. The maximum absolute atomic E-state index is 6.92. The number of ether oxygens (including phenoxy) is 3. The largest absolute Gasteiger partial charge is 0.455 e. The maximum Gasteiger partial charge on any atom is 0.165 e. The van der Waals surface area contributed by atoms with Gasteiger partial charge in [0.05, 0.1) is 26.9 Å². The highest BCUT2D eigenvalue weighted by Gasteiger charge is 2.41. The molecule has 9 rings (SSSR count). The van der Waals surface area contributed by atoms with Crippen molar-refractivity contribution in [2.24, 2.45) is 0 Å². The van der Waals surface area contributed by atoms with E-state index in [9.17, 15) is 0 Å². The molecule has 0 saturated carbocycles. The molecule has 0 radical (unpaired) electrons. The molecule has 0 bridgehead atoms. The average molecular weight is 664 g/mol. The fourth-order valence-electron chi connectivity index (χ4n) is 7.35. The molecule has 0 N–H and O–H groups in total. The number of para-hydroxylation sites is 6. The Kier molecular flexibility index (Phi) is 6.31. The first-order valence-electron chi connectivity index (χ1n) is 16.0. The summed E-state index contributed by atoms with van der Waals surface area (Å²) in [5, 5.41) is 5.17.